The number of halogens is 3. The van der Waals surface area contributed by atoms with Crippen LogP contribution in [0.25, 0.3) is 10.8 Å². The fraction of sp³-hybridized carbons (Fsp3) is 0.607. The molecule has 1 saturated heterocycles. The first kappa shape index (κ1) is 25.8. The first-order chi connectivity index (χ1) is 16.7. The highest BCUT2D eigenvalue weighted by Crippen LogP contribution is 2.43. The van der Waals surface area contributed by atoms with Crippen molar-refractivity contribution in [2.45, 2.75) is 83.4 Å². The van der Waals surface area contributed by atoms with Gasteiger partial charge in [0.25, 0.3) is 0 Å². The van der Waals surface area contributed by atoms with Gasteiger partial charge in [0.1, 0.15) is 11.3 Å². The summed E-state index contributed by atoms with van der Waals surface area (Å²) in [6.45, 7) is 3.79. The predicted octanol–water partition coefficient (Wildman–Crippen LogP) is 6.98. The highest BCUT2D eigenvalue weighted by atomic mass is 19.4. The van der Waals surface area contributed by atoms with Gasteiger partial charge in [0.05, 0.1) is 12.5 Å². The Morgan fingerprint density at radius 1 is 1.17 bits per heavy atom. The van der Waals surface area contributed by atoms with E-state index in [1.165, 1.54) is 6.07 Å². The number of benzene rings is 2. The zero-order chi connectivity index (χ0) is 25.1. The van der Waals surface area contributed by atoms with Crippen LogP contribution in [-0.4, -0.2) is 30.3 Å². The Balaban J connectivity index is 1.50. The lowest BCUT2D eigenvalue weighted by Crippen LogP contribution is -2.41. The van der Waals surface area contributed by atoms with Crippen LogP contribution in [0.1, 0.15) is 75.8 Å². The Hall–Kier alpha value is -2.28. The SMILES string of the molecule is CC1CCC(Oc2ccc3cc(CCC[C@]4(CC(=O)O)CCCNC4)ccc3c2C(F)(F)F)CC1. The lowest BCUT2D eigenvalue weighted by atomic mass is 9.74. The minimum Gasteiger partial charge on any atom is -0.490 e. The van der Waals surface area contributed by atoms with E-state index in [9.17, 15) is 23.1 Å². The zero-order valence-electron chi connectivity index (χ0n) is 20.4. The van der Waals surface area contributed by atoms with E-state index in [0.717, 1.165) is 63.5 Å². The highest BCUT2D eigenvalue weighted by Gasteiger charge is 2.37. The number of alkyl halides is 3. The third-order valence-electron chi connectivity index (χ3n) is 7.85. The highest BCUT2D eigenvalue weighted by molar-refractivity contribution is 5.89. The summed E-state index contributed by atoms with van der Waals surface area (Å²) < 4.78 is 48.2. The van der Waals surface area contributed by atoms with E-state index in [2.05, 4.69) is 12.2 Å². The van der Waals surface area contributed by atoms with Crippen LogP contribution in [0.5, 0.6) is 5.75 Å². The number of carboxylic acids is 1. The Morgan fingerprint density at radius 2 is 1.94 bits per heavy atom. The lowest BCUT2D eigenvalue weighted by Gasteiger charge is -2.36. The molecule has 1 aliphatic carbocycles. The molecule has 1 heterocycles. The molecule has 0 amide bonds. The summed E-state index contributed by atoms with van der Waals surface area (Å²) in [5, 5.41) is 13.4. The molecule has 0 unspecified atom stereocenters. The van der Waals surface area contributed by atoms with Gasteiger partial charge in [0, 0.05) is 6.54 Å². The maximum atomic E-state index is 14.1. The van der Waals surface area contributed by atoms with Crippen LogP contribution in [0.15, 0.2) is 30.3 Å². The van der Waals surface area contributed by atoms with Gasteiger partial charge in [-0.15, -0.1) is 0 Å². The van der Waals surface area contributed by atoms with Crippen LogP contribution in [0, 0.1) is 11.3 Å². The van der Waals surface area contributed by atoms with E-state index >= 15 is 0 Å². The van der Waals surface area contributed by atoms with Crippen molar-refractivity contribution in [2.75, 3.05) is 13.1 Å². The van der Waals surface area contributed by atoms with Crippen LogP contribution in [0.4, 0.5) is 13.2 Å². The maximum Gasteiger partial charge on any atom is 0.420 e. The fourth-order valence-corrected chi connectivity index (χ4v) is 5.90. The van der Waals surface area contributed by atoms with Crippen molar-refractivity contribution in [1.82, 2.24) is 5.32 Å². The number of hydrogen-bond acceptors (Lipinski definition) is 3. The normalized spacial score (nSPS) is 25.5. The summed E-state index contributed by atoms with van der Waals surface area (Å²) in [5.41, 5.74) is 0.0387. The van der Waals surface area contributed by atoms with Gasteiger partial charge < -0.3 is 15.2 Å². The molecule has 2 fully saturated rings. The van der Waals surface area contributed by atoms with E-state index in [-0.39, 0.29) is 29.1 Å². The number of piperidine rings is 1. The van der Waals surface area contributed by atoms with Gasteiger partial charge in [0.15, 0.2) is 0 Å². The Morgan fingerprint density at radius 3 is 2.60 bits per heavy atom. The molecule has 4 rings (SSSR count). The summed E-state index contributed by atoms with van der Waals surface area (Å²) in [6, 6.07) is 8.37. The van der Waals surface area contributed by atoms with Crippen LogP contribution in [0.2, 0.25) is 0 Å². The number of aliphatic carboxylic acids is 1. The second kappa shape index (κ2) is 10.8. The number of carbonyl (C=O) groups is 1. The summed E-state index contributed by atoms with van der Waals surface area (Å²) in [4.78, 5) is 11.4. The van der Waals surface area contributed by atoms with Crippen LogP contribution >= 0.6 is 0 Å². The van der Waals surface area contributed by atoms with Crippen molar-refractivity contribution in [3.63, 3.8) is 0 Å². The molecule has 192 valence electrons. The molecular formula is C28H36F3NO3. The van der Waals surface area contributed by atoms with Crippen LogP contribution in [0.3, 0.4) is 0 Å². The summed E-state index contributed by atoms with van der Waals surface area (Å²) in [5.74, 6) is -0.252. The number of ether oxygens (including phenoxy) is 1. The van der Waals surface area contributed by atoms with Crippen molar-refractivity contribution < 1.29 is 27.8 Å². The number of hydrogen-bond donors (Lipinski definition) is 2. The minimum absolute atomic E-state index is 0.0716. The van der Waals surface area contributed by atoms with E-state index in [1.807, 2.05) is 6.07 Å². The van der Waals surface area contributed by atoms with Gasteiger partial charge in [0.2, 0.25) is 0 Å². The van der Waals surface area contributed by atoms with Gasteiger partial charge in [-0.25, -0.2) is 0 Å². The Labute approximate surface area is 205 Å². The third-order valence-corrected chi connectivity index (χ3v) is 7.85. The number of fused-ring (bicyclic) bond motifs is 1. The van der Waals surface area contributed by atoms with Gasteiger partial charge in [-0.1, -0.05) is 31.2 Å². The monoisotopic (exact) mass is 491 g/mol. The van der Waals surface area contributed by atoms with Gasteiger partial charge in [-0.3, -0.25) is 4.79 Å². The molecule has 4 nitrogen and oxygen atoms in total. The average Bonchev–Trinajstić information content (AvgIpc) is 2.80. The second-order valence-corrected chi connectivity index (χ2v) is 10.7. The summed E-state index contributed by atoms with van der Waals surface area (Å²) in [7, 11) is 0. The van der Waals surface area contributed by atoms with Crippen molar-refractivity contribution in [3.05, 3.63) is 41.5 Å². The topological polar surface area (TPSA) is 58.6 Å². The molecule has 0 aromatic heterocycles. The second-order valence-electron chi connectivity index (χ2n) is 10.7. The predicted molar refractivity (Wildman–Crippen MR) is 131 cm³/mol. The van der Waals surface area contributed by atoms with Crippen molar-refractivity contribution >= 4 is 16.7 Å². The number of rotatable bonds is 8. The smallest absolute Gasteiger partial charge is 0.420 e. The molecule has 2 aromatic rings. The molecule has 0 spiro atoms. The quantitative estimate of drug-likeness (QED) is 0.418. The molecule has 1 atom stereocenters. The molecule has 2 aromatic carbocycles. The molecule has 1 saturated carbocycles. The fourth-order valence-electron chi connectivity index (χ4n) is 5.90. The molecule has 2 aliphatic rings. The van der Waals surface area contributed by atoms with E-state index < -0.39 is 17.7 Å². The Bertz CT molecular complexity index is 1020. The van der Waals surface area contributed by atoms with E-state index in [0.29, 0.717) is 24.3 Å². The number of aryl methyl sites for hydroxylation is 1. The van der Waals surface area contributed by atoms with Gasteiger partial charge in [-0.05, 0) is 98.1 Å². The first-order valence-corrected chi connectivity index (χ1v) is 12.9. The van der Waals surface area contributed by atoms with Crippen molar-refractivity contribution in [3.8, 4) is 5.75 Å². The van der Waals surface area contributed by atoms with Gasteiger partial charge in [-0.2, -0.15) is 13.2 Å². The third kappa shape index (κ3) is 6.49. The molecule has 0 bridgehead atoms. The van der Waals surface area contributed by atoms with Crippen LogP contribution in [-0.2, 0) is 17.4 Å². The Kier molecular flexibility index (Phi) is 7.94. The molecule has 35 heavy (non-hydrogen) atoms. The zero-order valence-corrected chi connectivity index (χ0v) is 20.4. The molecular weight excluding hydrogens is 455 g/mol. The lowest BCUT2D eigenvalue weighted by molar-refractivity contribution is -0.140. The molecule has 7 heteroatoms. The first-order valence-electron chi connectivity index (χ1n) is 12.9. The maximum absolute atomic E-state index is 14.1. The largest absolute Gasteiger partial charge is 0.490 e. The molecule has 2 N–H and O–H groups in total. The number of nitrogens with one attached hydrogen (secondary N) is 1. The minimum atomic E-state index is -4.50. The average molecular weight is 492 g/mol. The van der Waals surface area contributed by atoms with Crippen LogP contribution < -0.4 is 10.1 Å². The van der Waals surface area contributed by atoms with Gasteiger partial charge >= 0.3 is 12.1 Å². The van der Waals surface area contributed by atoms with Crippen molar-refractivity contribution in [1.29, 1.82) is 0 Å². The summed E-state index contributed by atoms with van der Waals surface area (Å²) in [6.07, 6.45) is 3.15. The molecule has 1 aliphatic heterocycles. The molecule has 0 radical (unpaired) electrons. The van der Waals surface area contributed by atoms with E-state index in [1.54, 1.807) is 18.2 Å². The summed E-state index contributed by atoms with van der Waals surface area (Å²) >= 11 is 0. The van der Waals surface area contributed by atoms with E-state index in [4.69, 9.17) is 4.74 Å². The standard InChI is InChI=1S/C28H36F3NO3/c1-19-5-9-22(10-6-19)35-24-12-8-21-16-20(7-11-23(21)26(24)28(29,30)31)4-2-13-27(17-25(33)34)14-3-15-32-18-27/h7-8,11-12,16,19,22,32H,2-6,9-10,13-15,17-18H2,1H3,(H,33,34)/t19?,22?,27-/m1/s1. The van der Waals surface area contributed by atoms with Crippen molar-refractivity contribution in [2.24, 2.45) is 11.3 Å². The number of carboxylic acid groups (broad SMARTS) is 1.